The highest BCUT2D eigenvalue weighted by Gasteiger charge is 2.35. The van der Waals surface area contributed by atoms with Crippen LogP contribution in [0, 0.1) is 5.92 Å². The topological polar surface area (TPSA) is 124 Å². The number of rotatable bonds is 8. The monoisotopic (exact) mass is 311 g/mol. The Morgan fingerprint density at radius 3 is 1.85 bits per heavy atom. The molecule has 1 amide bonds. The fourth-order valence-corrected chi connectivity index (χ4v) is 3.01. The Kier molecular flexibility index (Phi) is 7.09. The van der Waals surface area contributed by atoms with Gasteiger partial charge < -0.3 is 15.5 Å². The third-order valence-electron chi connectivity index (χ3n) is 2.97. The Morgan fingerprint density at radius 1 is 1.15 bits per heavy atom. The van der Waals surface area contributed by atoms with E-state index < -0.39 is 45.4 Å². The molecule has 0 heterocycles. The van der Waals surface area contributed by atoms with Crippen LogP contribution in [0.1, 0.15) is 40.5 Å². The summed E-state index contributed by atoms with van der Waals surface area (Å²) in [5.74, 6) is -2.32. The smallest absolute Gasteiger partial charge is 0.267 e. The number of carbonyl (C=O) groups excluding carboxylic acids is 1. The van der Waals surface area contributed by atoms with Crippen molar-refractivity contribution in [3.63, 3.8) is 0 Å². The number of aliphatic hydroxyl groups excluding tert-OH is 2. The van der Waals surface area contributed by atoms with Crippen molar-refractivity contribution in [2.75, 3.05) is 5.75 Å². The van der Waals surface area contributed by atoms with Crippen LogP contribution < -0.4 is 5.32 Å². The maximum Gasteiger partial charge on any atom is 0.267 e. The molecule has 0 spiro atoms. The minimum Gasteiger partial charge on any atom is -0.392 e. The van der Waals surface area contributed by atoms with Crippen molar-refractivity contribution in [1.29, 1.82) is 0 Å². The predicted molar refractivity (Wildman–Crippen MR) is 74.7 cm³/mol. The Hall–Kier alpha value is -0.700. The molecule has 0 aliphatic rings. The van der Waals surface area contributed by atoms with Gasteiger partial charge in [0.15, 0.2) is 0 Å². The molecule has 0 bridgehead atoms. The lowest BCUT2D eigenvalue weighted by molar-refractivity contribution is -0.135. The summed E-state index contributed by atoms with van der Waals surface area (Å²) in [6.45, 7) is 6.23. The molecule has 4 N–H and O–H groups in total. The summed E-state index contributed by atoms with van der Waals surface area (Å²) < 4.78 is 30.6. The molecule has 8 heteroatoms. The molecule has 0 aliphatic heterocycles. The maximum absolute atomic E-state index is 12.1. The Morgan fingerprint density at radius 2 is 1.55 bits per heavy atom. The zero-order valence-corrected chi connectivity index (χ0v) is 13.1. The molecule has 20 heavy (non-hydrogen) atoms. The lowest BCUT2D eigenvalue weighted by Gasteiger charge is -2.31. The van der Waals surface area contributed by atoms with Gasteiger partial charge in [-0.15, -0.1) is 0 Å². The van der Waals surface area contributed by atoms with Crippen molar-refractivity contribution < 1.29 is 28.0 Å². The van der Waals surface area contributed by atoms with Crippen molar-refractivity contribution in [1.82, 2.24) is 5.32 Å². The fourth-order valence-electron chi connectivity index (χ4n) is 2.02. The van der Waals surface area contributed by atoms with Gasteiger partial charge in [-0.1, -0.05) is 13.8 Å². The normalized spacial score (nSPS) is 17.4. The molecule has 2 unspecified atom stereocenters. The van der Waals surface area contributed by atoms with E-state index in [1.165, 1.54) is 13.8 Å². The van der Waals surface area contributed by atoms with Crippen LogP contribution in [-0.2, 0) is 14.9 Å². The second-order valence-corrected chi connectivity index (χ2v) is 7.03. The first-order chi connectivity index (χ1) is 8.93. The molecule has 0 aliphatic carbocycles. The van der Waals surface area contributed by atoms with E-state index in [2.05, 4.69) is 5.32 Å². The molecule has 0 aromatic carbocycles. The fraction of sp³-hybridized carbons (Fsp3) is 0.917. The van der Waals surface area contributed by atoms with Gasteiger partial charge in [0.1, 0.15) is 0 Å². The van der Waals surface area contributed by atoms with Crippen molar-refractivity contribution in [3.8, 4) is 0 Å². The zero-order valence-electron chi connectivity index (χ0n) is 12.3. The highest BCUT2D eigenvalue weighted by molar-refractivity contribution is 7.85. The highest BCUT2D eigenvalue weighted by atomic mass is 32.2. The molecular weight excluding hydrogens is 286 g/mol. The van der Waals surface area contributed by atoms with Crippen LogP contribution in [0.3, 0.4) is 0 Å². The van der Waals surface area contributed by atoms with Crippen LogP contribution in [-0.4, -0.2) is 52.6 Å². The number of hydrogen-bond donors (Lipinski definition) is 4. The number of carbonyl (C=O) groups is 1. The van der Waals surface area contributed by atoms with Crippen molar-refractivity contribution in [2.24, 2.45) is 5.92 Å². The first-order valence-corrected chi connectivity index (χ1v) is 8.17. The second-order valence-electron chi connectivity index (χ2n) is 5.58. The molecule has 0 rings (SSSR count). The molecule has 0 aromatic rings. The second kappa shape index (κ2) is 7.35. The Labute approximate surface area is 120 Å². The average Bonchev–Trinajstić information content (AvgIpc) is 2.24. The van der Waals surface area contributed by atoms with Gasteiger partial charge in [-0.2, -0.15) is 8.42 Å². The van der Waals surface area contributed by atoms with E-state index in [1.807, 2.05) is 0 Å². The summed E-state index contributed by atoms with van der Waals surface area (Å²) in [7, 11) is -4.24. The Balaban J connectivity index is 5.01. The van der Waals surface area contributed by atoms with Crippen LogP contribution in [0.25, 0.3) is 0 Å². The summed E-state index contributed by atoms with van der Waals surface area (Å²) in [4.78, 5) is 12.1. The van der Waals surface area contributed by atoms with Crippen LogP contribution in [0.15, 0.2) is 0 Å². The van der Waals surface area contributed by atoms with Gasteiger partial charge in [-0.05, 0) is 26.7 Å². The van der Waals surface area contributed by atoms with Gasteiger partial charge in [0.05, 0.1) is 29.4 Å². The highest BCUT2D eigenvalue weighted by Crippen LogP contribution is 2.17. The lowest BCUT2D eigenvalue weighted by atomic mass is 9.90. The first-order valence-electron chi connectivity index (χ1n) is 6.56. The molecule has 0 saturated heterocycles. The van der Waals surface area contributed by atoms with E-state index in [9.17, 15) is 23.4 Å². The number of hydrogen-bond acceptors (Lipinski definition) is 5. The SMILES string of the molecule is CCC(O)C(C(=O)NC(C)(C)CS(=O)(=O)O)C(O)CC. The van der Waals surface area contributed by atoms with Crippen molar-refractivity contribution in [2.45, 2.75) is 58.3 Å². The van der Waals surface area contributed by atoms with E-state index in [1.54, 1.807) is 13.8 Å². The van der Waals surface area contributed by atoms with Gasteiger partial charge >= 0.3 is 0 Å². The predicted octanol–water partition coefficient (Wildman–Crippen LogP) is -0.0730. The van der Waals surface area contributed by atoms with Gasteiger partial charge in [-0.25, -0.2) is 0 Å². The number of amides is 1. The molecule has 0 radical (unpaired) electrons. The molecule has 0 saturated carbocycles. The van der Waals surface area contributed by atoms with E-state index >= 15 is 0 Å². The summed E-state index contributed by atoms with van der Waals surface area (Å²) in [6.07, 6.45) is -1.47. The third-order valence-corrected chi connectivity index (χ3v) is 4.06. The van der Waals surface area contributed by atoms with Crippen LogP contribution in [0.4, 0.5) is 0 Å². The first kappa shape index (κ1) is 19.3. The number of nitrogens with one attached hydrogen (secondary N) is 1. The van der Waals surface area contributed by atoms with E-state index in [0.29, 0.717) is 0 Å². The molecule has 0 fully saturated rings. The third kappa shape index (κ3) is 6.65. The van der Waals surface area contributed by atoms with Gasteiger partial charge in [-0.3, -0.25) is 9.35 Å². The van der Waals surface area contributed by atoms with E-state index in [0.717, 1.165) is 0 Å². The quantitative estimate of drug-likeness (QED) is 0.465. The molecule has 0 aromatic heterocycles. The van der Waals surface area contributed by atoms with E-state index in [-0.39, 0.29) is 12.8 Å². The van der Waals surface area contributed by atoms with Gasteiger partial charge in [0.25, 0.3) is 10.1 Å². The van der Waals surface area contributed by atoms with Crippen LogP contribution in [0.5, 0.6) is 0 Å². The van der Waals surface area contributed by atoms with Gasteiger partial charge in [0.2, 0.25) is 5.91 Å². The maximum atomic E-state index is 12.1. The van der Waals surface area contributed by atoms with E-state index in [4.69, 9.17) is 4.55 Å². The minimum absolute atomic E-state index is 0.286. The van der Waals surface area contributed by atoms with Gasteiger partial charge in [0, 0.05) is 0 Å². The lowest BCUT2D eigenvalue weighted by Crippen LogP contribution is -2.54. The summed E-state index contributed by atoms with van der Waals surface area (Å²) in [5.41, 5.74) is -1.20. The van der Waals surface area contributed by atoms with Crippen LogP contribution >= 0.6 is 0 Å². The largest absolute Gasteiger partial charge is 0.392 e. The standard InChI is InChI=1S/C12H25NO6S/c1-5-8(14)10(9(15)6-2)11(16)13-12(3,4)7-20(17,18)19/h8-10,14-15H,5-7H2,1-4H3,(H,13,16)(H,17,18,19). The summed E-state index contributed by atoms with van der Waals surface area (Å²) in [5, 5.41) is 22.1. The summed E-state index contributed by atoms with van der Waals surface area (Å²) >= 11 is 0. The van der Waals surface area contributed by atoms with Crippen molar-refractivity contribution in [3.05, 3.63) is 0 Å². The Bertz CT molecular complexity index is 410. The average molecular weight is 311 g/mol. The summed E-state index contributed by atoms with van der Waals surface area (Å²) in [6, 6.07) is 0. The molecule has 7 nitrogen and oxygen atoms in total. The number of aliphatic hydroxyl groups is 2. The molecule has 120 valence electrons. The van der Waals surface area contributed by atoms with Crippen LogP contribution in [0.2, 0.25) is 0 Å². The molecular formula is C12H25NO6S. The molecule has 2 atom stereocenters. The zero-order chi connectivity index (χ0) is 16.1. The minimum atomic E-state index is -4.24. The van der Waals surface area contributed by atoms with Crippen molar-refractivity contribution >= 4 is 16.0 Å².